The zero-order valence-corrected chi connectivity index (χ0v) is 12.5. The van der Waals surface area contributed by atoms with E-state index in [1.54, 1.807) is 0 Å². The first kappa shape index (κ1) is 16.9. The standard InChI is InChI=1S/C14H27N3O3/c1-11(2)6-7-15-14(20)16-13(19)10-17(8-9-18)12-4-3-5-12/h11-12,18H,3-10H2,1-2H3,(H2,15,16,19,20). The molecule has 0 radical (unpaired) electrons. The van der Waals surface area contributed by atoms with Gasteiger partial charge in [-0.15, -0.1) is 0 Å². The highest BCUT2D eigenvalue weighted by molar-refractivity contribution is 5.95. The van der Waals surface area contributed by atoms with Crippen LogP contribution in [-0.2, 0) is 4.79 Å². The Kier molecular flexibility index (Phi) is 7.54. The summed E-state index contributed by atoms with van der Waals surface area (Å²) in [6.45, 7) is 5.41. The van der Waals surface area contributed by atoms with Crippen molar-refractivity contribution in [3.05, 3.63) is 0 Å². The molecule has 6 heteroatoms. The number of aliphatic hydroxyl groups excluding tert-OH is 1. The summed E-state index contributed by atoms with van der Waals surface area (Å²) in [5.74, 6) is 0.206. The zero-order valence-electron chi connectivity index (χ0n) is 12.5. The quantitative estimate of drug-likeness (QED) is 0.613. The summed E-state index contributed by atoms with van der Waals surface area (Å²) >= 11 is 0. The molecule has 0 atom stereocenters. The van der Waals surface area contributed by atoms with Crippen LogP contribution in [0.4, 0.5) is 4.79 Å². The molecular formula is C14H27N3O3. The van der Waals surface area contributed by atoms with Crippen molar-refractivity contribution in [2.75, 3.05) is 26.2 Å². The van der Waals surface area contributed by atoms with Crippen molar-refractivity contribution in [2.45, 2.75) is 45.6 Å². The predicted molar refractivity (Wildman–Crippen MR) is 77.3 cm³/mol. The van der Waals surface area contributed by atoms with Crippen LogP contribution >= 0.6 is 0 Å². The number of urea groups is 1. The van der Waals surface area contributed by atoms with E-state index in [1.165, 1.54) is 6.42 Å². The third-order valence-corrected chi connectivity index (χ3v) is 3.59. The van der Waals surface area contributed by atoms with E-state index >= 15 is 0 Å². The van der Waals surface area contributed by atoms with Gasteiger partial charge in [0.2, 0.25) is 5.91 Å². The van der Waals surface area contributed by atoms with E-state index < -0.39 is 6.03 Å². The van der Waals surface area contributed by atoms with Gasteiger partial charge in [-0.2, -0.15) is 0 Å². The third kappa shape index (κ3) is 6.34. The molecule has 1 saturated carbocycles. The molecule has 6 nitrogen and oxygen atoms in total. The first-order valence-corrected chi connectivity index (χ1v) is 7.45. The number of hydrogen-bond donors (Lipinski definition) is 3. The molecule has 0 spiro atoms. The van der Waals surface area contributed by atoms with E-state index in [2.05, 4.69) is 24.5 Å². The minimum Gasteiger partial charge on any atom is -0.395 e. The highest BCUT2D eigenvalue weighted by atomic mass is 16.3. The Labute approximate surface area is 120 Å². The second-order valence-electron chi connectivity index (χ2n) is 5.77. The van der Waals surface area contributed by atoms with Crippen LogP contribution in [0.3, 0.4) is 0 Å². The van der Waals surface area contributed by atoms with Crippen molar-refractivity contribution in [1.82, 2.24) is 15.5 Å². The molecular weight excluding hydrogens is 258 g/mol. The van der Waals surface area contributed by atoms with Crippen molar-refractivity contribution < 1.29 is 14.7 Å². The predicted octanol–water partition coefficient (Wildman–Crippen LogP) is 0.705. The first-order valence-electron chi connectivity index (χ1n) is 7.45. The molecule has 0 saturated heterocycles. The summed E-state index contributed by atoms with van der Waals surface area (Å²) in [5.41, 5.74) is 0. The number of imide groups is 1. The SMILES string of the molecule is CC(C)CCNC(=O)NC(=O)CN(CCO)C1CCC1. The molecule has 116 valence electrons. The number of aliphatic hydroxyl groups is 1. The number of nitrogens with one attached hydrogen (secondary N) is 2. The average molecular weight is 285 g/mol. The molecule has 0 aromatic rings. The molecule has 1 rings (SSSR count). The smallest absolute Gasteiger partial charge is 0.321 e. The highest BCUT2D eigenvalue weighted by Gasteiger charge is 2.26. The van der Waals surface area contributed by atoms with Crippen LogP contribution in [0, 0.1) is 5.92 Å². The second-order valence-corrected chi connectivity index (χ2v) is 5.77. The fourth-order valence-electron chi connectivity index (χ4n) is 2.14. The van der Waals surface area contributed by atoms with Crippen molar-refractivity contribution in [2.24, 2.45) is 5.92 Å². The van der Waals surface area contributed by atoms with E-state index in [1.807, 2.05) is 4.90 Å². The largest absolute Gasteiger partial charge is 0.395 e. The highest BCUT2D eigenvalue weighted by Crippen LogP contribution is 2.24. The Bertz CT molecular complexity index is 317. The van der Waals surface area contributed by atoms with Crippen molar-refractivity contribution in [3.63, 3.8) is 0 Å². The van der Waals surface area contributed by atoms with Gasteiger partial charge in [0.25, 0.3) is 0 Å². The zero-order chi connectivity index (χ0) is 15.0. The summed E-state index contributed by atoms with van der Waals surface area (Å²) in [6, 6.07) is -0.0647. The lowest BCUT2D eigenvalue weighted by Gasteiger charge is -2.36. The molecule has 3 N–H and O–H groups in total. The van der Waals surface area contributed by atoms with Crippen molar-refractivity contribution >= 4 is 11.9 Å². The monoisotopic (exact) mass is 285 g/mol. The fourth-order valence-corrected chi connectivity index (χ4v) is 2.14. The van der Waals surface area contributed by atoms with Gasteiger partial charge >= 0.3 is 6.03 Å². The van der Waals surface area contributed by atoms with Gasteiger partial charge in [0.1, 0.15) is 0 Å². The Balaban J connectivity index is 2.24. The number of carbonyl (C=O) groups excluding carboxylic acids is 2. The first-order chi connectivity index (χ1) is 9.52. The van der Waals surface area contributed by atoms with Crippen LogP contribution in [0.15, 0.2) is 0 Å². The maximum Gasteiger partial charge on any atom is 0.321 e. The van der Waals surface area contributed by atoms with Gasteiger partial charge in [0.15, 0.2) is 0 Å². The number of carbonyl (C=O) groups is 2. The molecule has 0 aromatic heterocycles. The second kappa shape index (κ2) is 8.92. The van der Waals surface area contributed by atoms with Crippen molar-refractivity contribution in [3.8, 4) is 0 Å². The number of rotatable bonds is 8. The van der Waals surface area contributed by atoms with Gasteiger partial charge in [0.05, 0.1) is 13.2 Å². The van der Waals surface area contributed by atoms with E-state index in [-0.39, 0.29) is 19.1 Å². The molecule has 0 bridgehead atoms. The van der Waals surface area contributed by atoms with Gasteiger partial charge in [-0.05, 0) is 25.2 Å². The van der Waals surface area contributed by atoms with Crippen LogP contribution in [0.1, 0.15) is 39.5 Å². The van der Waals surface area contributed by atoms with E-state index in [4.69, 9.17) is 5.11 Å². The minimum absolute atomic E-state index is 0.0321. The number of hydrogen-bond acceptors (Lipinski definition) is 4. The lowest BCUT2D eigenvalue weighted by atomic mass is 9.91. The summed E-state index contributed by atoms with van der Waals surface area (Å²) in [6.07, 6.45) is 4.19. The Hall–Kier alpha value is -1.14. The van der Waals surface area contributed by atoms with Crippen LogP contribution in [-0.4, -0.2) is 54.2 Å². The summed E-state index contributed by atoms with van der Waals surface area (Å²) in [5, 5.41) is 14.0. The van der Waals surface area contributed by atoms with Crippen molar-refractivity contribution in [1.29, 1.82) is 0 Å². The normalized spacial score (nSPS) is 15.2. The average Bonchev–Trinajstić information content (AvgIpc) is 2.25. The Morgan fingerprint density at radius 2 is 2.05 bits per heavy atom. The summed E-state index contributed by atoms with van der Waals surface area (Å²) in [7, 11) is 0. The molecule has 3 amide bonds. The van der Waals surface area contributed by atoms with Crippen LogP contribution in [0.2, 0.25) is 0 Å². The Morgan fingerprint density at radius 3 is 2.55 bits per heavy atom. The number of amides is 3. The molecule has 1 aliphatic carbocycles. The third-order valence-electron chi connectivity index (χ3n) is 3.59. The summed E-state index contributed by atoms with van der Waals surface area (Å²) in [4.78, 5) is 25.2. The van der Waals surface area contributed by atoms with Gasteiger partial charge in [0, 0.05) is 19.1 Å². The molecule has 1 fully saturated rings. The molecule has 20 heavy (non-hydrogen) atoms. The maximum atomic E-state index is 11.8. The molecule has 0 aromatic carbocycles. The van der Waals surface area contributed by atoms with Gasteiger partial charge in [-0.3, -0.25) is 15.0 Å². The molecule has 1 aliphatic rings. The van der Waals surface area contributed by atoms with Crippen LogP contribution in [0.25, 0.3) is 0 Å². The molecule has 0 unspecified atom stereocenters. The minimum atomic E-state index is -0.437. The van der Waals surface area contributed by atoms with E-state index in [0.717, 1.165) is 19.3 Å². The van der Waals surface area contributed by atoms with Gasteiger partial charge in [-0.1, -0.05) is 20.3 Å². The maximum absolute atomic E-state index is 11.8. The van der Waals surface area contributed by atoms with Gasteiger partial charge in [-0.25, -0.2) is 4.79 Å². The molecule has 0 heterocycles. The summed E-state index contributed by atoms with van der Waals surface area (Å²) < 4.78 is 0. The van der Waals surface area contributed by atoms with E-state index in [9.17, 15) is 9.59 Å². The van der Waals surface area contributed by atoms with Crippen LogP contribution in [0.5, 0.6) is 0 Å². The number of nitrogens with zero attached hydrogens (tertiary/aromatic N) is 1. The van der Waals surface area contributed by atoms with E-state index in [0.29, 0.717) is 25.0 Å². The topological polar surface area (TPSA) is 81.7 Å². The lowest BCUT2D eigenvalue weighted by molar-refractivity contribution is -0.122. The Morgan fingerprint density at radius 1 is 1.35 bits per heavy atom. The van der Waals surface area contributed by atoms with Crippen LogP contribution < -0.4 is 10.6 Å². The van der Waals surface area contributed by atoms with Gasteiger partial charge < -0.3 is 10.4 Å². The lowest BCUT2D eigenvalue weighted by Crippen LogP contribution is -2.49. The molecule has 0 aliphatic heterocycles. The fraction of sp³-hybridized carbons (Fsp3) is 0.857.